The van der Waals surface area contributed by atoms with Gasteiger partial charge in [-0.15, -0.1) is 0 Å². The van der Waals surface area contributed by atoms with Crippen LogP contribution >= 0.6 is 19.6 Å². The first-order valence-electron chi connectivity index (χ1n) is 9.67. The molecule has 9 nitrogen and oxygen atoms in total. The Balaban J connectivity index is 2.46. The highest BCUT2D eigenvalue weighted by Crippen LogP contribution is 2.39. The number of halogens is 4. The van der Waals surface area contributed by atoms with Crippen LogP contribution in [0.1, 0.15) is 31.9 Å². The largest absolute Gasteiger partial charge is 0.461 e. The predicted molar refractivity (Wildman–Crippen MR) is 118 cm³/mol. The standard InChI is InChI=1S/C20H19ClF3N2O7P/c1-4-12-8-15(26(28)29)18(34(30)33-25-11(3)19(27)31-5-2)10-17(12)32-16-7-6-13(9-14(16)21)20(22,23)24/h6-10,34H,4-5H2,1-3H3. The first-order valence-corrected chi connectivity index (χ1v) is 11.4. The minimum absolute atomic E-state index is 0.0298. The highest BCUT2D eigenvalue weighted by atomic mass is 35.5. The third kappa shape index (κ3) is 6.71. The molecule has 1 atom stereocenters. The third-order valence-electron chi connectivity index (χ3n) is 4.29. The van der Waals surface area contributed by atoms with Gasteiger partial charge in [0.25, 0.3) is 13.7 Å². The minimum Gasteiger partial charge on any atom is -0.461 e. The highest BCUT2D eigenvalue weighted by molar-refractivity contribution is 7.48. The van der Waals surface area contributed by atoms with Crippen molar-refractivity contribution in [2.45, 2.75) is 33.4 Å². The van der Waals surface area contributed by atoms with Crippen molar-refractivity contribution in [2.75, 3.05) is 6.61 Å². The van der Waals surface area contributed by atoms with Gasteiger partial charge in [0.1, 0.15) is 16.8 Å². The zero-order valence-electron chi connectivity index (χ0n) is 18.1. The van der Waals surface area contributed by atoms with Crippen LogP contribution < -0.4 is 10.0 Å². The summed E-state index contributed by atoms with van der Waals surface area (Å²) in [5.74, 6) is -1.01. The number of benzene rings is 2. The van der Waals surface area contributed by atoms with Gasteiger partial charge >= 0.3 is 12.1 Å². The molecule has 1 unspecified atom stereocenters. The van der Waals surface area contributed by atoms with Gasteiger partial charge in [0, 0.05) is 17.7 Å². The van der Waals surface area contributed by atoms with Crippen LogP contribution in [0.4, 0.5) is 18.9 Å². The Morgan fingerprint density at radius 3 is 2.41 bits per heavy atom. The number of rotatable bonds is 9. The van der Waals surface area contributed by atoms with Crippen LogP contribution in [-0.2, 0) is 31.3 Å². The first kappa shape index (κ1) is 27.1. The van der Waals surface area contributed by atoms with Gasteiger partial charge in [-0.05, 0) is 38.5 Å². The maximum absolute atomic E-state index is 12.9. The lowest BCUT2D eigenvalue weighted by Gasteiger charge is -2.14. The van der Waals surface area contributed by atoms with Gasteiger partial charge in [-0.3, -0.25) is 14.7 Å². The van der Waals surface area contributed by atoms with Crippen molar-refractivity contribution in [1.29, 1.82) is 0 Å². The van der Waals surface area contributed by atoms with Crippen LogP contribution in [0.2, 0.25) is 5.02 Å². The molecule has 0 heterocycles. The molecular weight excluding hydrogens is 504 g/mol. The van der Waals surface area contributed by atoms with E-state index in [1.807, 2.05) is 0 Å². The molecule has 0 N–H and O–H groups in total. The van der Waals surface area contributed by atoms with Gasteiger partial charge in [-0.1, -0.05) is 23.7 Å². The molecule has 2 aromatic rings. The Hall–Kier alpha value is -3.11. The van der Waals surface area contributed by atoms with Gasteiger partial charge in [0.15, 0.2) is 5.71 Å². The fraction of sp³-hybridized carbons (Fsp3) is 0.300. The molecule has 0 spiro atoms. The van der Waals surface area contributed by atoms with Crippen molar-refractivity contribution < 1.29 is 41.6 Å². The molecule has 34 heavy (non-hydrogen) atoms. The first-order chi connectivity index (χ1) is 15.9. The maximum Gasteiger partial charge on any atom is 0.416 e. The minimum atomic E-state index is -4.61. The molecule has 14 heteroatoms. The summed E-state index contributed by atoms with van der Waals surface area (Å²) in [5.41, 5.74) is -1.50. The molecule has 0 bridgehead atoms. The molecule has 2 rings (SSSR count). The number of ether oxygens (including phenoxy) is 2. The number of oxime groups is 1. The van der Waals surface area contributed by atoms with E-state index >= 15 is 0 Å². The zero-order chi connectivity index (χ0) is 25.6. The number of nitro groups is 1. The molecule has 0 aliphatic rings. The van der Waals surface area contributed by atoms with Crippen LogP contribution in [0.15, 0.2) is 35.5 Å². The molecule has 184 valence electrons. The van der Waals surface area contributed by atoms with Crippen molar-refractivity contribution in [2.24, 2.45) is 5.16 Å². The fourth-order valence-electron chi connectivity index (χ4n) is 2.61. The second-order valence-electron chi connectivity index (χ2n) is 6.61. The number of carbonyl (C=O) groups excluding carboxylic acids is 1. The molecule has 0 saturated carbocycles. The number of carbonyl (C=O) groups is 1. The monoisotopic (exact) mass is 522 g/mol. The van der Waals surface area contributed by atoms with Gasteiger partial charge in [-0.25, -0.2) is 4.79 Å². The number of aryl methyl sites for hydroxylation is 1. The number of esters is 1. The fourth-order valence-corrected chi connectivity index (χ4v) is 3.77. The Labute approximate surface area is 197 Å². The van der Waals surface area contributed by atoms with E-state index < -0.39 is 36.3 Å². The quantitative estimate of drug-likeness (QED) is 0.137. The number of alkyl halides is 3. The summed E-state index contributed by atoms with van der Waals surface area (Å²) in [6.07, 6.45) is -4.38. The molecule has 0 aliphatic heterocycles. The summed E-state index contributed by atoms with van der Waals surface area (Å²) in [4.78, 5) is 22.3. The highest BCUT2D eigenvalue weighted by Gasteiger charge is 2.31. The van der Waals surface area contributed by atoms with E-state index in [-0.39, 0.29) is 40.6 Å². The lowest BCUT2D eigenvalue weighted by molar-refractivity contribution is -0.383. The number of nitrogens with zero attached hydrogens (tertiary/aromatic N) is 2. The second-order valence-corrected chi connectivity index (χ2v) is 8.31. The number of nitro benzene ring substituents is 1. The third-order valence-corrected chi connectivity index (χ3v) is 5.68. The van der Waals surface area contributed by atoms with Crippen molar-refractivity contribution in [3.8, 4) is 11.5 Å². The van der Waals surface area contributed by atoms with Crippen LogP contribution in [0.5, 0.6) is 11.5 Å². The van der Waals surface area contributed by atoms with Gasteiger partial charge in [0.05, 0.1) is 22.1 Å². The summed E-state index contributed by atoms with van der Waals surface area (Å²) in [6.45, 7) is 4.53. The van der Waals surface area contributed by atoms with Gasteiger partial charge < -0.3 is 14.1 Å². The van der Waals surface area contributed by atoms with Crippen molar-refractivity contribution in [1.82, 2.24) is 0 Å². The Morgan fingerprint density at radius 1 is 1.21 bits per heavy atom. The second kappa shape index (κ2) is 11.3. The molecule has 2 aromatic carbocycles. The van der Waals surface area contributed by atoms with E-state index in [9.17, 15) is 32.6 Å². The summed E-state index contributed by atoms with van der Waals surface area (Å²) in [7, 11) is -3.41. The SMILES string of the molecule is CCOC(=O)C(C)=NO[PH](=O)c1cc(Oc2ccc(C(F)(F)F)cc2Cl)c(CC)cc1[N+](=O)[O-]. The molecule has 0 aliphatic carbocycles. The average Bonchev–Trinajstić information content (AvgIpc) is 2.77. The van der Waals surface area contributed by atoms with E-state index in [0.717, 1.165) is 24.3 Å². The molecule has 0 aromatic heterocycles. The maximum atomic E-state index is 12.9. The number of hydrogen-bond acceptors (Lipinski definition) is 8. The van der Waals surface area contributed by atoms with Crippen LogP contribution in [0, 0.1) is 10.1 Å². The van der Waals surface area contributed by atoms with Crippen LogP contribution in [-0.4, -0.2) is 23.2 Å². The summed E-state index contributed by atoms with van der Waals surface area (Å²) >= 11 is 5.93. The summed E-state index contributed by atoms with van der Waals surface area (Å²) < 4.78 is 66.5. The normalized spacial score (nSPS) is 12.7. The van der Waals surface area contributed by atoms with E-state index in [1.165, 1.54) is 6.92 Å². The Kier molecular flexibility index (Phi) is 9.06. The molecule has 0 amide bonds. The lowest BCUT2D eigenvalue weighted by atomic mass is 10.1. The van der Waals surface area contributed by atoms with E-state index in [4.69, 9.17) is 25.7 Å². The van der Waals surface area contributed by atoms with E-state index in [0.29, 0.717) is 11.6 Å². The van der Waals surface area contributed by atoms with Crippen molar-refractivity contribution in [3.63, 3.8) is 0 Å². The Morgan fingerprint density at radius 2 is 1.88 bits per heavy atom. The van der Waals surface area contributed by atoms with Crippen molar-refractivity contribution >= 4 is 42.3 Å². The van der Waals surface area contributed by atoms with E-state index in [2.05, 4.69) is 5.16 Å². The van der Waals surface area contributed by atoms with Crippen molar-refractivity contribution in [3.05, 3.63) is 56.6 Å². The number of hydrogen-bond donors (Lipinski definition) is 0. The summed E-state index contributed by atoms with van der Waals surface area (Å²) in [6, 6.07) is 4.61. The van der Waals surface area contributed by atoms with Crippen LogP contribution in [0.25, 0.3) is 0 Å². The lowest BCUT2D eigenvalue weighted by Crippen LogP contribution is -2.14. The zero-order valence-corrected chi connectivity index (χ0v) is 19.8. The van der Waals surface area contributed by atoms with Gasteiger partial charge in [0.2, 0.25) is 0 Å². The molecule has 0 saturated heterocycles. The molecule has 0 radical (unpaired) electrons. The average molecular weight is 523 g/mol. The molecular formula is C20H19ClF3N2O7P. The Bertz CT molecular complexity index is 1160. The topological polar surface area (TPSA) is 117 Å². The molecule has 0 fully saturated rings. The smallest absolute Gasteiger partial charge is 0.416 e. The predicted octanol–water partition coefficient (Wildman–Crippen LogP) is 5.68. The van der Waals surface area contributed by atoms with Gasteiger partial charge in [-0.2, -0.15) is 13.2 Å². The van der Waals surface area contributed by atoms with Crippen LogP contribution in [0.3, 0.4) is 0 Å². The summed E-state index contributed by atoms with van der Waals surface area (Å²) in [5, 5.41) is 14.2. The van der Waals surface area contributed by atoms with E-state index in [1.54, 1.807) is 13.8 Å².